The Morgan fingerprint density at radius 2 is 1.66 bits per heavy atom. The second-order valence-corrected chi connectivity index (χ2v) is 7.95. The van der Waals surface area contributed by atoms with Gasteiger partial charge in [-0.05, 0) is 30.2 Å². The van der Waals surface area contributed by atoms with Crippen LogP contribution in [0.15, 0.2) is 72.8 Å². The fourth-order valence-corrected chi connectivity index (χ4v) is 4.38. The van der Waals surface area contributed by atoms with Gasteiger partial charge in [0.15, 0.2) is 5.65 Å². The van der Waals surface area contributed by atoms with E-state index in [2.05, 4.69) is 11.5 Å². The van der Waals surface area contributed by atoms with Gasteiger partial charge < -0.3 is 4.57 Å². The zero-order chi connectivity index (χ0) is 22.2. The monoisotopic (exact) mass is 442 g/mol. The van der Waals surface area contributed by atoms with Crippen molar-refractivity contribution in [2.24, 2.45) is 0 Å². The number of nitro benzene ring substituents is 1. The summed E-state index contributed by atoms with van der Waals surface area (Å²) in [5.74, 6) is 0. The molecule has 2 heterocycles. The van der Waals surface area contributed by atoms with E-state index in [4.69, 9.17) is 21.6 Å². The molecule has 0 amide bonds. The Morgan fingerprint density at radius 3 is 2.31 bits per heavy atom. The molecule has 0 fully saturated rings. The van der Waals surface area contributed by atoms with E-state index in [-0.39, 0.29) is 5.69 Å². The predicted molar refractivity (Wildman–Crippen MR) is 128 cm³/mol. The van der Waals surface area contributed by atoms with E-state index >= 15 is 0 Å². The van der Waals surface area contributed by atoms with Crippen LogP contribution in [0.3, 0.4) is 0 Å². The van der Waals surface area contributed by atoms with Gasteiger partial charge in [0, 0.05) is 29.8 Å². The van der Waals surface area contributed by atoms with Gasteiger partial charge in [-0.2, -0.15) is 0 Å². The van der Waals surface area contributed by atoms with Crippen LogP contribution in [0.4, 0.5) is 5.69 Å². The maximum atomic E-state index is 11.3. The lowest BCUT2D eigenvalue weighted by atomic mass is 10.00. The smallest absolute Gasteiger partial charge is 0.270 e. The molecule has 0 radical (unpaired) electrons. The number of halogens is 1. The molecule has 0 aliphatic rings. The van der Waals surface area contributed by atoms with Gasteiger partial charge in [-0.1, -0.05) is 61.0 Å². The Bertz CT molecular complexity index is 1480. The minimum atomic E-state index is -0.443. The molecular weight excluding hydrogens is 424 g/mol. The van der Waals surface area contributed by atoms with Crippen LogP contribution in [-0.2, 0) is 6.54 Å². The third-order valence-electron chi connectivity index (χ3n) is 5.48. The Labute approximate surface area is 189 Å². The van der Waals surface area contributed by atoms with Crippen molar-refractivity contribution in [3.05, 3.63) is 87.9 Å². The summed E-state index contributed by atoms with van der Waals surface area (Å²) in [4.78, 5) is 20.7. The molecule has 158 valence electrons. The summed E-state index contributed by atoms with van der Waals surface area (Å²) in [6.45, 7) is 2.87. The lowest BCUT2D eigenvalue weighted by Crippen LogP contribution is -2.01. The summed E-state index contributed by atoms with van der Waals surface area (Å²) in [5, 5.41) is 11.6. The topological polar surface area (TPSA) is 73.8 Å². The Hall–Kier alpha value is -3.77. The van der Waals surface area contributed by atoms with Crippen LogP contribution in [0.1, 0.15) is 13.3 Å². The molecule has 2 aromatic heterocycles. The number of fused-ring (bicyclic) bond motifs is 2. The number of nitro groups is 1. The van der Waals surface area contributed by atoms with Crippen LogP contribution >= 0.6 is 11.6 Å². The van der Waals surface area contributed by atoms with Crippen LogP contribution in [0.5, 0.6) is 0 Å². The van der Waals surface area contributed by atoms with E-state index in [0.29, 0.717) is 10.6 Å². The number of aryl methyl sites for hydroxylation is 1. The summed E-state index contributed by atoms with van der Waals surface area (Å²) in [6.07, 6.45) is 0.908. The van der Waals surface area contributed by atoms with Crippen LogP contribution in [0, 0.1) is 10.1 Å². The fourth-order valence-electron chi connectivity index (χ4n) is 4.11. The first kappa shape index (κ1) is 20.2. The lowest BCUT2D eigenvalue weighted by molar-refractivity contribution is -0.384. The highest BCUT2D eigenvalue weighted by Gasteiger charge is 2.25. The van der Waals surface area contributed by atoms with Crippen molar-refractivity contribution in [1.82, 2.24) is 14.5 Å². The molecule has 0 spiro atoms. The van der Waals surface area contributed by atoms with Crippen LogP contribution < -0.4 is 0 Å². The molecule has 5 rings (SSSR count). The number of non-ortho nitro benzene ring substituents is 1. The highest BCUT2D eigenvalue weighted by Crippen LogP contribution is 2.43. The van der Waals surface area contributed by atoms with Crippen molar-refractivity contribution >= 4 is 39.5 Å². The average Bonchev–Trinajstić information content (AvgIpc) is 3.11. The van der Waals surface area contributed by atoms with Crippen molar-refractivity contribution in [1.29, 1.82) is 0 Å². The van der Waals surface area contributed by atoms with Crippen LogP contribution in [0.25, 0.3) is 44.6 Å². The first-order chi connectivity index (χ1) is 15.6. The standard InChI is InChI=1S/C25H19ClN4O2/c1-2-14-29-24(16-8-4-3-5-9-16)22(18-13-12-17(30(31)32)15-19(18)26)23-25(29)28-21-11-7-6-10-20(21)27-23/h3-13,15H,2,14H2,1H3. The van der Waals surface area contributed by atoms with Gasteiger partial charge in [-0.25, -0.2) is 9.97 Å². The molecule has 0 saturated heterocycles. The first-order valence-electron chi connectivity index (χ1n) is 10.4. The molecular formula is C25H19ClN4O2. The summed E-state index contributed by atoms with van der Waals surface area (Å²) in [7, 11) is 0. The molecule has 0 bridgehead atoms. The van der Waals surface area contributed by atoms with Crippen molar-refractivity contribution in [3.8, 4) is 22.4 Å². The number of rotatable bonds is 5. The Kier molecular flexibility index (Phi) is 5.07. The van der Waals surface area contributed by atoms with E-state index in [1.54, 1.807) is 6.07 Å². The average molecular weight is 443 g/mol. The minimum Gasteiger partial charge on any atom is -0.323 e. The molecule has 3 aromatic carbocycles. The third kappa shape index (κ3) is 3.29. The van der Waals surface area contributed by atoms with E-state index < -0.39 is 4.92 Å². The Balaban J connectivity index is 1.94. The quantitative estimate of drug-likeness (QED) is 0.219. The fraction of sp³-hybridized carbons (Fsp3) is 0.120. The number of para-hydroxylation sites is 2. The number of hydrogen-bond donors (Lipinski definition) is 0. The van der Waals surface area contributed by atoms with Gasteiger partial charge in [-0.3, -0.25) is 10.1 Å². The molecule has 0 N–H and O–H groups in total. The van der Waals surface area contributed by atoms with E-state index in [1.165, 1.54) is 12.1 Å². The number of aromatic nitrogens is 3. The molecule has 0 unspecified atom stereocenters. The second-order valence-electron chi connectivity index (χ2n) is 7.55. The zero-order valence-electron chi connectivity index (χ0n) is 17.3. The van der Waals surface area contributed by atoms with Gasteiger partial charge in [-0.15, -0.1) is 0 Å². The number of benzene rings is 3. The molecule has 7 heteroatoms. The van der Waals surface area contributed by atoms with Crippen molar-refractivity contribution in [2.75, 3.05) is 0 Å². The van der Waals surface area contributed by atoms with Gasteiger partial charge in [0.1, 0.15) is 5.52 Å². The lowest BCUT2D eigenvalue weighted by Gasteiger charge is -2.12. The Morgan fingerprint density at radius 1 is 0.969 bits per heavy atom. The molecule has 0 aliphatic heterocycles. The van der Waals surface area contributed by atoms with Crippen molar-refractivity contribution < 1.29 is 4.92 Å². The maximum Gasteiger partial charge on any atom is 0.270 e. The summed E-state index contributed by atoms with van der Waals surface area (Å²) < 4.78 is 2.18. The molecule has 0 saturated carbocycles. The normalized spacial score (nSPS) is 11.3. The van der Waals surface area contributed by atoms with E-state index in [0.717, 1.165) is 52.0 Å². The second kappa shape index (κ2) is 8.05. The first-order valence-corrected chi connectivity index (χ1v) is 10.7. The highest BCUT2D eigenvalue weighted by atomic mass is 35.5. The van der Waals surface area contributed by atoms with Crippen molar-refractivity contribution in [2.45, 2.75) is 19.9 Å². The van der Waals surface area contributed by atoms with Crippen LogP contribution in [-0.4, -0.2) is 19.5 Å². The SMILES string of the molecule is CCCn1c(-c2ccccc2)c(-c2ccc([N+](=O)[O-])cc2Cl)c2nc3ccccc3nc21. The number of nitrogens with zero attached hydrogens (tertiary/aromatic N) is 4. The zero-order valence-corrected chi connectivity index (χ0v) is 18.1. The summed E-state index contributed by atoms with van der Waals surface area (Å²) in [5.41, 5.74) is 6.54. The molecule has 6 nitrogen and oxygen atoms in total. The van der Waals surface area contributed by atoms with Crippen LogP contribution in [0.2, 0.25) is 5.02 Å². The molecule has 0 atom stereocenters. The molecule has 32 heavy (non-hydrogen) atoms. The maximum absolute atomic E-state index is 11.3. The predicted octanol–water partition coefficient (Wildman–Crippen LogP) is 6.89. The van der Waals surface area contributed by atoms with E-state index in [1.807, 2.05) is 54.6 Å². The van der Waals surface area contributed by atoms with Gasteiger partial charge in [0.2, 0.25) is 0 Å². The number of hydrogen-bond acceptors (Lipinski definition) is 4. The highest BCUT2D eigenvalue weighted by molar-refractivity contribution is 6.34. The van der Waals surface area contributed by atoms with Gasteiger partial charge >= 0.3 is 0 Å². The van der Waals surface area contributed by atoms with Gasteiger partial charge in [0.05, 0.1) is 26.7 Å². The largest absolute Gasteiger partial charge is 0.323 e. The minimum absolute atomic E-state index is 0.0474. The summed E-state index contributed by atoms with van der Waals surface area (Å²) in [6, 6.07) is 22.4. The van der Waals surface area contributed by atoms with E-state index in [9.17, 15) is 10.1 Å². The van der Waals surface area contributed by atoms with Gasteiger partial charge in [0.25, 0.3) is 5.69 Å². The molecule has 5 aromatic rings. The summed E-state index contributed by atoms with van der Waals surface area (Å²) >= 11 is 6.61. The van der Waals surface area contributed by atoms with Crippen molar-refractivity contribution in [3.63, 3.8) is 0 Å². The molecule has 0 aliphatic carbocycles. The third-order valence-corrected chi connectivity index (χ3v) is 5.79.